The minimum atomic E-state index is 0.215. The van der Waals surface area contributed by atoms with Crippen molar-refractivity contribution in [1.29, 1.82) is 0 Å². The van der Waals surface area contributed by atoms with Crippen LogP contribution in [0.15, 0.2) is 29.4 Å². The van der Waals surface area contributed by atoms with Crippen molar-refractivity contribution in [2.75, 3.05) is 20.1 Å². The van der Waals surface area contributed by atoms with Gasteiger partial charge in [-0.05, 0) is 25.5 Å². The van der Waals surface area contributed by atoms with E-state index in [4.69, 9.17) is 0 Å². The number of guanidine groups is 1. The molecule has 0 saturated carbocycles. The molecule has 2 aromatic heterocycles. The van der Waals surface area contributed by atoms with Crippen molar-refractivity contribution in [3.05, 3.63) is 35.8 Å². The molecule has 3 rings (SSSR count). The largest absolute Gasteiger partial charge is 0.352 e. The number of carbonyl (C=O) groups excluding carboxylic acids is 1. The number of aromatic nitrogens is 2. The van der Waals surface area contributed by atoms with Crippen LogP contribution in [0.4, 0.5) is 0 Å². The van der Waals surface area contributed by atoms with Crippen LogP contribution in [0.2, 0.25) is 0 Å². The third-order valence-electron chi connectivity index (χ3n) is 4.59. The zero-order chi connectivity index (χ0) is 17.8. The zero-order valence-corrected chi connectivity index (χ0v) is 15.1. The number of nitrogens with one attached hydrogen (secondary N) is 2. The van der Waals surface area contributed by atoms with Crippen LogP contribution in [0.25, 0.3) is 5.65 Å². The van der Waals surface area contributed by atoms with Gasteiger partial charge in [-0.15, -0.1) is 0 Å². The summed E-state index contributed by atoms with van der Waals surface area (Å²) >= 11 is 0. The molecule has 1 saturated heterocycles. The number of likely N-dealkylation sites (tertiary alicyclic amines) is 1. The molecule has 1 atom stereocenters. The van der Waals surface area contributed by atoms with Gasteiger partial charge in [0.1, 0.15) is 5.65 Å². The van der Waals surface area contributed by atoms with Crippen molar-refractivity contribution < 1.29 is 4.79 Å². The molecule has 7 heteroatoms. The summed E-state index contributed by atoms with van der Waals surface area (Å²) in [5.74, 6) is 0.955. The Kier molecular flexibility index (Phi) is 5.21. The lowest BCUT2D eigenvalue weighted by Gasteiger charge is -2.18. The highest BCUT2D eigenvalue weighted by molar-refractivity contribution is 5.80. The maximum Gasteiger partial charge on any atom is 0.222 e. The van der Waals surface area contributed by atoms with Crippen LogP contribution in [0.5, 0.6) is 0 Å². The summed E-state index contributed by atoms with van der Waals surface area (Å²) in [6.07, 6.45) is 3.55. The Labute approximate surface area is 148 Å². The summed E-state index contributed by atoms with van der Waals surface area (Å²) in [5, 5.41) is 6.71. The Morgan fingerprint density at radius 1 is 1.44 bits per heavy atom. The van der Waals surface area contributed by atoms with Crippen molar-refractivity contribution in [2.45, 2.75) is 39.3 Å². The SMILES string of the molecule is CCC(=O)N1CCC(NC(=NC)NCc2cn3c(C)cccc3n2)C1. The molecule has 2 N–H and O–H groups in total. The van der Waals surface area contributed by atoms with E-state index in [2.05, 4.69) is 38.0 Å². The van der Waals surface area contributed by atoms with E-state index in [1.165, 1.54) is 0 Å². The molecule has 25 heavy (non-hydrogen) atoms. The Morgan fingerprint density at radius 2 is 2.28 bits per heavy atom. The highest BCUT2D eigenvalue weighted by Crippen LogP contribution is 2.11. The van der Waals surface area contributed by atoms with E-state index in [0.29, 0.717) is 13.0 Å². The second-order valence-corrected chi connectivity index (χ2v) is 6.38. The quantitative estimate of drug-likeness (QED) is 0.649. The predicted molar refractivity (Wildman–Crippen MR) is 98.5 cm³/mol. The number of rotatable bonds is 4. The number of nitrogens with zero attached hydrogens (tertiary/aromatic N) is 4. The van der Waals surface area contributed by atoms with Gasteiger partial charge in [0, 0.05) is 44.5 Å². The van der Waals surface area contributed by atoms with Crippen molar-refractivity contribution in [3.63, 3.8) is 0 Å². The number of imidazole rings is 1. The van der Waals surface area contributed by atoms with Crippen LogP contribution < -0.4 is 10.6 Å². The van der Waals surface area contributed by atoms with E-state index in [1.54, 1.807) is 7.05 Å². The van der Waals surface area contributed by atoms with Gasteiger partial charge in [-0.2, -0.15) is 0 Å². The first-order valence-corrected chi connectivity index (χ1v) is 8.79. The number of hydrogen-bond acceptors (Lipinski definition) is 3. The first kappa shape index (κ1) is 17.3. The zero-order valence-electron chi connectivity index (χ0n) is 15.1. The van der Waals surface area contributed by atoms with Crippen LogP contribution in [0, 0.1) is 6.92 Å². The molecule has 1 unspecified atom stereocenters. The summed E-state index contributed by atoms with van der Waals surface area (Å²) in [7, 11) is 1.76. The van der Waals surface area contributed by atoms with Crippen LogP contribution in [0.1, 0.15) is 31.2 Å². The third kappa shape index (κ3) is 3.92. The maximum absolute atomic E-state index is 11.8. The Balaban J connectivity index is 1.56. The average Bonchev–Trinajstić information content (AvgIpc) is 3.25. The summed E-state index contributed by atoms with van der Waals surface area (Å²) in [5.41, 5.74) is 3.07. The smallest absolute Gasteiger partial charge is 0.222 e. The normalized spacial score (nSPS) is 18.0. The van der Waals surface area contributed by atoms with Crippen LogP contribution >= 0.6 is 0 Å². The molecule has 1 fully saturated rings. The van der Waals surface area contributed by atoms with Gasteiger partial charge in [-0.1, -0.05) is 13.0 Å². The minimum absolute atomic E-state index is 0.215. The van der Waals surface area contributed by atoms with E-state index in [0.717, 1.165) is 42.5 Å². The second-order valence-electron chi connectivity index (χ2n) is 6.38. The first-order valence-electron chi connectivity index (χ1n) is 8.79. The molecule has 0 spiro atoms. The van der Waals surface area contributed by atoms with Gasteiger partial charge in [0.25, 0.3) is 0 Å². The standard InChI is InChI=1S/C18H26N6O/c1-4-17(25)23-9-8-14(11-23)22-18(19-3)20-10-15-12-24-13(2)6-5-7-16(24)21-15/h5-7,12,14H,4,8-11H2,1-3H3,(H2,19,20,22). The molecular formula is C18H26N6O. The lowest BCUT2D eigenvalue weighted by molar-refractivity contribution is -0.129. The van der Waals surface area contributed by atoms with Crippen LogP contribution in [-0.4, -0.2) is 52.3 Å². The number of fused-ring (bicyclic) bond motifs is 1. The Morgan fingerprint density at radius 3 is 3.00 bits per heavy atom. The summed E-state index contributed by atoms with van der Waals surface area (Å²) in [6.45, 7) is 6.12. The maximum atomic E-state index is 11.8. The van der Waals surface area contributed by atoms with Crippen molar-refractivity contribution in [2.24, 2.45) is 4.99 Å². The number of amides is 1. The van der Waals surface area contributed by atoms with E-state index < -0.39 is 0 Å². The fourth-order valence-electron chi connectivity index (χ4n) is 3.17. The fraction of sp³-hybridized carbons (Fsp3) is 0.500. The molecule has 134 valence electrons. The molecule has 1 amide bonds. The molecule has 7 nitrogen and oxygen atoms in total. The summed E-state index contributed by atoms with van der Waals surface area (Å²) in [4.78, 5) is 22.6. The van der Waals surface area contributed by atoms with Gasteiger partial charge in [-0.3, -0.25) is 9.79 Å². The van der Waals surface area contributed by atoms with E-state index in [9.17, 15) is 4.79 Å². The molecule has 1 aliphatic rings. The van der Waals surface area contributed by atoms with Gasteiger partial charge in [0.05, 0.1) is 12.2 Å². The molecular weight excluding hydrogens is 316 g/mol. The van der Waals surface area contributed by atoms with E-state index >= 15 is 0 Å². The Hall–Kier alpha value is -2.57. The summed E-state index contributed by atoms with van der Waals surface area (Å²) < 4.78 is 2.08. The van der Waals surface area contributed by atoms with Gasteiger partial charge >= 0.3 is 0 Å². The molecule has 0 aromatic carbocycles. The van der Waals surface area contributed by atoms with Crippen LogP contribution in [0.3, 0.4) is 0 Å². The molecule has 2 aromatic rings. The highest BCUT2D eigenvalue weighted by Gasteiger charge is 2.25. The van der Waals surface area contributed by atoms with Gasteiger partial charge < -0.3 is 19.9 Å². The van der Waals surface area contributed by atoms with Gasteiger partial charge in [-0.25, -0.2) is 4.98 Å². The van der Waals surface area contributed by atoms with Crippen molar-refractivity contribution >= 4 is 17.5 Å². The molecule has 0 radical (unpaired) electrons. The van der Waals surface area contributed by atoms with Crippen molar-refractivity contribution in [1.82, 2.24) is 24.9 Å². The number of hydrogen-bond donors (Lipinski definition) is 2. The minimum Gasteiger partial charge on any atom is -0.352 e. The topological polar surface area (TPSA) is 74.0 Å². The monoisotopic (exact) mass is 342 g/mol. The first-order chi connectivity index (χ1) is 12.1. The number of aryl methyl sites for hydroxylation is 1. The lowest BCUT2D eigenvalue weighted by Crippen LogP contribution is -2.44. The van der Waals surface area contributed by atoms with E-state index in [-0.39, 0.29) is 11.9 Å². The Bertz CT molecular complexity index is 781. The molecule has 0 bridgehead atoms. The van der Waals surface area contributed by atoms with E-state index in [1.807, 2.05) is 30.2 Å². The second kappa shape index (κ2) is 7.55. The highest BCUT2D eigenvalue weighted by atomic mass is 16.2. The predicted octanol–water partition coefficient (Wildman–Crippen LogP) is 1.32. The number of carbonyl (C=O) groups is 1. The third-order valence-corrected chi connectivity index (χ3v) is 4.59. The molecule has 1 aliphatic heterocycles. The van der Waals surface area contributed by atoms with Gasteiger partial charge in [0.15, 0.2) is 5.96 Å². The number of pyridine rings is 1. The number of aliphatic imine (C=N–C) groups is 1. The molecule has 3 heterocycles. The fourth-order valence-corrected chi connectivity index (χ4v) is 3.17. The summed E-state index contributed by atoms with van der Waals surface area (Å²) in [6, 6.07) is 6.32. The average molecular weight is 342 g/mol. The van der Waals surface area contributed by atoms with Crippen molar-refractivity contribution in [3.8, 4) is 0 Å². The molecule has 0 aliphatic carbocycles. The lowest BCUT2D eigenvalue weighted by atomic mass is 10.3. The van der Waals surface area contributed by atoms with Crippen LogP contribution in [-0.2, 0) is 11.3 Å². The van der Waals surface area contributed by atoms with Gasteiger partial charge in [0.2, 0.25) is 5.91 Å².